The van der Waals surface area contributed by atoms with E-state index in [2.05, 4.69) is 10.6 Å². The number of benzene rings is 1. The maximum atomic E-state index is 11.9. The Morgan fingerprint density at radius 3 is 2.45 bits per heavy atom. The third-order valence-corrected chi connectivity index (χ3v) is 2.82. The molecule has 0 aliphatic rings. The number of aliphatic carboxylic acids is 1. The van der Waals surface area contributed by atoms with Crippen LogP contribution in [-0.2, 0) is 4.79 Å². The zero-order valence-corrected chi connectivity index (χ0v) is 12.1. The summed E-state index contributed by atoms with van der Waals surface area (Å²) in [6.45, 7) is 5.34. The Kier molecular flexibility index (Phi) is 5.37. The number of carbonyl (C=O) groups is 2. The smallest absolute Gasteiger partial charge is 0.326 e. The molecule has 1 aromatic rings. The number of ether oxygens (including phenoxy) is 1. The van der Waals surface area contributed by atoms with Crippen LogP contribution in [0, 0.1) is 12.8 Å². The highest BCUT2D eigenvalue weighted by Crippen LogP contribution is 2.25. The predicted octanol–water partition coefficient (Wildman–Crippen LogP) is 2.23. The highest BCUT2D eigenvalue weighted by molar-refractivity contribution is 5.93. The second-order valence-electron chi connectivity index (χ2n) is 4.86. The van der Waals surface area contributed by atoms with Crippen molar-refractivity contribution in [3.63, 3.8) is 0 Å². The fourth-order valence-corrected chi connectivity index (χ4v) is 1.73. The molecule has 110 valence electrons. The summed E-state index contributed by atoms with van der Waals surface area (Å²) < 4.78 is 5.14. The minimum Gasteiger partial charge on any atom is -0.495 e. The molecule has 1 rings (SSSR count). The molecule has 0 fully saturated rings. The van der Waals surface area contributed by atoms with Gasteiger partial charge in [0, 0.05) is 0 Å². The molecule has 6 heteroatoms. The Balaban J connectivity index is 2.80. The number of anilines is 1. The first-order chi connectivity index (χ1) is 9.35. The number of aryl methyl sites for hydroxylation is 1. The number of urea groups is 1. The summed E-state index contributed by atoms with van der Waals surface area (Å²) in [5.41, 5.74) is 1.46. The van der Waals surface area contributed by atoms with Gasteiger partial charge in [0.05, 0.1) is 12.8 Å². The van der Waals surface area contributed by atoms with Gasteiger partial charge in [-0.1, -0.05) is 19.9 Å². The number of hydrogen-bond acceptors (Lipinski definition) is 3. The van der Waals surface area contributed by atoms with E-state index in [9.17, 15) is 9.59 Å². The molecule has 0 saturated heterocycles. The highest BCUT2D eigenvalue weighted by Gasteiger charge is 2.23. The Morgan fingerprint density at radius 1 is 1.30 bits per heavy atom. The average Bonchev–Trinajstić information content (AvgIpc) is 2.35. The van der Waals surface area contributed by atoms with Crippen molar-refractivity contribution in [2.24, 2.45) is 5.92 Å². The molecule has 0 heterocycles. The normalized spacial score (nSPS) is 11.8. The summed E-state index contributed by atoms with van der Waals surface area (Å²) in [4.78, 5) is 22.9. The molecular formula is C14H20N2O4. The Hall–Kier alpha value is -2.24. The number of methoxy groups -OCH3 is 1. The van der Waals surface area contributed by atoms with E-state index in [-0.39, 0.29) is 5.92 Å². The van der Waals surface area contributed by atoms with Crippen LogP contribution in [0.3, 0.4) is 0 Å². The molecule has 0 bridgehead atoms. The number of carboxylic acids is 1. The van der Waals surface area contributed by atoms with Crippen LogP contribution in [0.15, 0.2) is 18.2 Å². The molecule has 1 aromatic carbocycles. The maximum Gasteiger partial charge on any atom is 0.326 e. The van der Waals surface area contributed by atoms with Gasteiger partial charge < -0.3 is 20.5 Å². The van der Waals surface area contributed by atoms with Gasteiger partial charge >= 0.3 is 12.0 Å². The van der Waals surface area contributed by atoms with Gasteiger partial charge in [-0.25, -0.2) is 9.59 Å². The van der Waals surface area contributed by atoms with E-state index < -0.39 is 18.0 Å². The molecule has 0 aromatic heterocycles. The zero-order valence-electron chi connectivity index (χ0n) is 12.1. The maximum absolute atomic E-state index is 11.9. The van der Waals surface area contributed by atoms with E-state index in [4.69, 9.17) is 9.84 Å². The molecule has 0 spiro atoms. The first kappa shape index (κ1) is 15.8. The van der Waals surface area contributed by atoms with Gasteiger partial charge in [0.15, 0.2) is 0 Å². The predicted molar refractivity (Wildman–Crippen MR) is 76.1 cm³/mol. The van der Waals surface area contributed by atoms with Gasteiger partial charge in [0.25, 0.3) is 0 Å². The molecule has 0 aliphatic carbocycles. The molecule has 6 nitrogen and oxygen atoms in total. The topological polar surface area (TPSA) is 87.7 Å². The third-order valence-electron chi connectivity index (χ3n) is 2.82. The Bertz CT molecular complexity index is 500. The fraction of sp³-hybridized carbons (Fsp3) is 0.429. The Labute approximate surface area is 118 Å². The van der Waals surface area contributed by atoms with E-state index in [0.29, 0.717) is 11.4 Å². The molecule has 0 unspecified atom stereocenters. The number of carbonyl (C=O) groups excluding carboxylic acids is 1. The zero-order chi connectivity index (χ0) is 15.3. The van der Waals surface area contributed by atoms with Crippen molar-refractivity contribution in [2.45, 2.75) is 26.8 Å². The second-order valence-corrected chi connectivity index (χ2v) is 4.86. The lowest BCUT2D eigenvalue weighted by atomic mass is 10.1. The Morgan fingerprint density at radius 2 is 1.95 bits per heavy atom. The average molecular weight is 280 g/mol. The fourth-order valence-electron chi connectivity index (χ4n) is 1.73. The number of nitrogens with one attached hydrogen (secondary N) is 2. The van der Waals surface area contributed by atoms with Gasteiger partial charge in [-0.3, -0.25) is 0 Å². The molecule has 20 heavy (non-hydrogen) atoms. The van der Waals surface area contributed by atoms with Gasteiger partial charge in [-0.05, 0) is 30.5 Å². The van der Waals surface area contributed by atoms with E-state index in [0.717, 1.165) is 5.56 Å². The number of carboxylic acid groups (broad SMARTS) is 1. The molecule has 3 N–H and O–H groups in total. The largest absolute Gasteiger partial charge is 0.495 e. The van der Waals surface area contributed by atoms with Crippen molar-refractivity contribution in [1.82, 2.24) is 5.32 Å². The molecule has 0 aliphatic heterocycles. The summed E-state index contributed by atoms with van der Waals surface area (Å²) in [5, 5.41) is 14.1. The van der Waals surface area contributed by atoms with Crippen molar-refractivity contribution < 1.29 is 19.4 Å². The molecule has 0 saturated carbocycles. The standard InChI is InChI=1S/C14H20N2O4/c1-8(2)12(13(17)18)16-14(19)15-10-7-9(3)5-6-11(10)20-4/h5-8,12H,1-4H3,(H,17,18)(H2,15,16,19)/t12-/m1/s1. The molecule has 0 radical (unpaired) electrons. The summed E-state index contributed by atoms with van der Waals surface area (Å²) in [6.07, 6.45) is 0. The molecular weight excluding hydrogens is 260 g/mol. The third kappa shape index (κ3) is 4.15. The summed E-state index contributed by atoms with van der Waals surface area (Å²) >= 11 is 0. The van der Waals surface area contributed by atoms with Crippen LogP contribution in [0.2, 0.25) is 0 Å². The molecule has 2 amide bonds. The van der Waals surface area contributed by atoms with Crippen LogP contribution in [0.4, 0.5) is 10.5 Å². The van der Waals surface area contributed by atoms with Crippen LogP contribution in [0.5, 0.6) is 5.75 Å². The van der Waals surface area contributed by atoms with Crippen LogP contribution < -0.4 is 15.4 Å². The quantitative estimate of drug-likeness (QED) is 0.771. The van der Waals surface area contributed by atoms with E-state index in [1.807, 2.05) is 13.0 Å². The van der Waals surface area contributed by atoms with Crippen molar-refractivity contribution in [2.75, 3.05) is 12.4 Å². The SMILES string of the molecule is COc1ccc(C)cc1NC(=O)N[C@@H](C(=O)O)C(C)C. The van der Waals surface area contributed by atoms with Crippen molar-refractivity contribution >= 4 is 17.7 Å². The van der Waals surface area contributed by atoms with Gasteiger partial charge in [-0.2, -0.15) is 0 Å². The van der Waals surface area contributed by atoms with E-state index in [1.54, 1.807) is 26.0 Å². The lowest BCUT2D eigenvalue weighted by Gasteiger charge is -2.19. The van der Waals surface area contributed by atoms with Gasteiger partial charge in [-0.15, -0.1) is 0 Å². The minimum atomic E-state index is -1.06. The van der Waals surface area contributed by atoms with Crippen LogP contribution in [0.1, 0.15) is 19.4 Å². The van der Waals surface area contributed by atoms with E-state index >= 15 is 0 Å². The van der Waals surface area contributed by atoms with Gasteiger partial charge in [0.1, 0.15) is 11.8 Å². The lowest BCUT2D eigenvalue weighted by Crippen LogP contribution is -2.46. The number of amides is 2. The van der Waals surface area contributed by atoms with Crippen molar-refractivity contribution in [3.8, 4) is 5.75 Å². The van der Waals surface area contributed by atoms with Crippen LogP contribution >= 0.6 is 0 Å². The summed E-state index contributed by atoms with van der Waals surface area (Å²) in [7, 11) is 1.50. The molecule has 1 atom stereocenters. The minimum absolute atomic E-state index is 0.211. The van der Waals surface area contributed by atoms with Gasteiger partial charge in [0.2, 0.25) is 0 Å². The second kappa shape index (κ2) is 6.79. The highest BCUT2D eigenvalue weighted by atomic mass is 16.5. The summed E-state index contributed by atoms with van der Waals surface area (Å²) in [6, 6.07) is 3.84. The van der Waals surface area contributed by atoms with E-state index in [1.165, 1.54) is 7.11 Å². The number of hydrogen-bond donors (Lipinski definition) is 3. The van der Waals surface area contributed by atoms with Crippen molar-refractivity contribution in [3.05, 3.63) is 23.8 Å². The first-order valence-corrected chi connectivity index (χ1v) is 6.30. The first-order valence-electron chi connectivity index (χ1n) is 6.30. The monoisotopic (exact) mass is 280 g/mol. The van der Waals surface area contributed by atoms with Crippen molar-refractivity contribution in [1.29, 1.82) is 0 Å². The van der Waals surface area contributed by atoms with Crippen LogP contribution in [0.25, 0.3) is 0 Å². The lowest BCUT2D eigenvalue weighted by molar-refractivity contribution is -0.140. The van der Waals surface area contributed by atoms with Crippen LogP contribution in [-0.4, -0.2) is 30.3 Å². The summed E-state index contributed by atoms with van der Waals surface area (Å²) in [5.74, 6) is -0.758. The number of rotatable bonds is 5.